The number of hydrogen-bond donors (Lipinski definition) is 0. The third kappa shape index (κ3) is 2.29. The van der Waals surface area contributed by atoms with Gasteiger partial charge in [-0.2, -0.15) is 0 Å². The van der Waals surface area contributed by atoms with Crippen LogP contribution >= 0.6 is 15.9 Å². The van der Waals surface area contributed by atoms with E-state index in [9.17, 15) is 10.1 Å². The van der Waals surface area contributed by atoms with Crippen LogP contribution in [0.1, 0.15) is 29.6 Å². The molecule has 4 nitrogen and oxygen atoms in total. The van der Waals surface area contributed by atoms with Gasteiger partial charge < -0.3 is 0 Å². The molecule has 0 aromatic carbocycles. The lowest BCUT2D eigenvalue weighted by molar-refractivity contribution is -0.385. The highest BCUT2D eigenvalue weighted by Crippen LogP contribution is 2.26. The fourth-order valence-electron chi connectivity index (χ4n) is 1.15. The summed E-state index contributed by atoms with van der Waals surface area (Å²) in [7, 11) is 0. The number of pyridine rings is 1. The maximum absolute atomic E-state index is 10.5. The van der Waals surface area contributed by atoms with E-state index >= 15 is 0 Å². The van der Waals surface area contributed by atoms with Gasteiger partial charge in [0.15, 0.2) is 0 Å². The van der Waals surface area contributed by atoms with Crippen LogP contribution in [0, 0.1) is 17.0 Å². The minimum Gasteiger partial charge on any atom is -0.258 e. The summed E-state index contributed by atoms with van der Waals surface area (Å²) in [4.78, 5) is 14.5. The topological polar surface area (TPSA) is 56.0 Å². The molecule has 1 aromatic rings. The Labute approximate surface area is 90.6 Å². The second-order valence-electron chi connectivity index (χ2n) is 2.97. The molecule has 1 heterocycles. The lowest BCUT2D eigenvalue weighted by Gasteiger charge is -2.06. The molecule has 0 spiro atoms. The molecule has 0 bridgehead atoms. The monoisotopic (exact) mass is 258 g/mol. The number of rotatable bonds is 3. The van der Waals surface area contributed by atoms with Crippen molar-refractivity contribution in [3.8, 4) is 0 Å². The van der Waals surface area contributed by atoms with E-state index in [-0.39, 0.29) is 10.5 Å². The van der Waals surface area contributed by atoms with Crippen molar-refractivity contribution in [3.05, 3.63) is 33.6 Å². The molecular weight excluding hydrogens is 248 g/mol. The minimum atomic E-state index is -0.415. The number of aryl methyl sites for hydroxylation is 1. The Hall–Kier alpha value is -0.970. The first kappa shape index (κ1) is 11.1. The van der Waals surface area contributed by atoms with Crippen molar-refractivity contribution < 1.29 is 4.92 Å². The van der Waals surface area contributed by atoms with Gasteiger partial charge in [-0.3, -0.25) is 10.1 Å². The molecule has 0 N–H and O–H groups in total. The largest absolute Gasteiger partial charge is 0.290 e. The van der Waals surface area contributed by atoms with Gasteiger partial charge in [-0.25, -0.2) is 4.98 Å². The standard InChI is InChI=1S/C9H11BrN2O2/c1-3-7(10)8-4-5-9(12(13)14)6(2)11-8/h4-5,7H,3H2,1-2H3. The molecule has 1 unspecified atom stereocenters. The van der Waals surface area contributed by atoms with E-state index in [0.29, 0.717) is 5.69 Å². The summed E-state index contributed by atoms with van der Waals surface area (Å²) in [5.74, 6) is 0. The smallest absolute Gasteiger partial charge is 0.258 e. The zero-order chi connectivity index (χ0) is 10.7. The van der Waals surface area contributed by atoms with Gasteiger partial charge in [-0.05, 0) is 19.4 Å². The van der Waals surface area contributed by atoms with Gasteiger partial charge in [0.05, 0.1) is 15.4 Å². The van der Waals surface area contributed by atoms with Gasteiger partial charge in [0.25, 0.3) is 5.69 Å². The van der Waals surface area contributed by atoms with Crippen molar-refractivity contribution in [2.75, 3.05) is 0 Å². The zero-order valence-electron chi connectivity index (χ0n) is 8.03. The van der Waals surface area contributed by atoms with E-state index in [1.54, 1.807) is 13.0 Å². The molecule has 0 amide bonds. The molecule has 0 aliphatic heterocycles. The first-order chi connectivity index (χ1) is 6.56. The van der Waals surface area contributed by atoms with E-state index in [1.807, 2.05) is 6.92 Å². The third-order valence-corrected chi connectivity index (χ3v) is 3.07. The number of hydrogen-bond acceptors (Lipinski definition) is 3. The summed E-state index contributed by atoms with van der Waals surface area (Å²) in [6.45, 7) is 3.68. The molecule has 0 radical (unpaired) electrons. The Morgan fingerprint density at radius 3 is 2.71 bits per heavy atom. The molecule has 14 heavy (non-hydrogen) atoms. The molecule has 0 saturated heterocycles. The van der Waals surface area contributed by atoms with E-state index in [0.717, 1.165) is 12.1 Å². The highest BCUT2D eigenvalue weighted by molar-refractivity contribution is 9.09. The Bertz CT molecular complexity index is 355. The summed E-state index contributed by atoms with van der Waals surface area (Å²) in [6.07, 6.45) is 0.907. The van der Waals surface area contributed by atoms with Crippen LogP contribution in [-0.2, 0) is 0 Å². The van der Waals surface area contributed by atoms with Crippen LogP contribution in [0.2, 0.25) is 0 Å². The highest BCUT2D eigenvalue weighted by atomic mass is 79.9. The molecule has 1 aromatic heterocycles. The molecule has 1 rings (SSSR count). The summed E-state index contributed by atoms with van der Waals surface area (Å²) in [5.41, 5.74) is 1.38. The van der Waals surface area contributed by atoms with Gasteiger partial charge in [0.1, 0.15) is 5.69 Å². The Balaban J connectivity index is 3.06. The number of nitro groups is 1. The maximum Gasteiger partial charge on any atom is 0.290 e. The Morgan fingerprint density at radius 2 is 2.29 bits per heavy atom. The minimum absolute atomic E-state index is 0.0737. The van der Waals surface area contributed by atoms with E-state index < -0.39 is 4.92 Å². The van der Waals surface area contributed by atoms with Gasteiger partial charge in [0.2, 0.25) is 0 Å². The molecule has 0 fully saturated rings. The van der Waals surface area contributed by atoms with Crippen LogP contribution in [0.5, 0.6) is 0 Å². The Morgan fingerprint density at radius 1 is 1.64 bits per heavy atom. The third-order valence-electron chi connectivity index (χ3n) is 1.96. The molecule has 1 atom stereocenters. The molecular formula is C9H11BrN2O2. The van der Waals surface area contributed by atoms with Crippen molar-refractivity contribution in [1.29, 1.82) is 0 Å². The van der Waals surface area contributed by atoms with Crippen LogP contribution in [0.15, 0.2) is 12.1 Å². The quantitative estimate of drug-likeness (QED) is 0.476. The normalized spacial score (nSPS) is 12.5. The lowest BCUT2D eigenvalue weighted by atomic mass is 10.2. The van der Waals surface area contributed by atoms with Crippen molar-refractivity contribution in [2.24, 2.45) is 0 Å². The van der Waals surface area contributed by atoms with Crippen LogP contribution in [0.3, 0.4) is 0 Å². The average Bonchev–Trinajstić information content (AvgIpc) is 2.15. The maximum atomic E-state index is 10.5. The molecule has 0 aliphatic carbocycles. The second-order valence-corrected chi connectivity index (χ2v) is 4.08. The molecule has 0 saturated carbocycles. The fourth-order valence-corrected chi connectivity index (χ4v) is 1.40. The number of aromatic nitrogens is 1. The second kappa shape index (κ2) is 4.50. The highest BCUT2D eigenvalue weighted by Gasteiger charge is 2.14. The van der Waals surface area contributed by atoms with Crippen LogP contribution in [0.4, 0.5) is 5.69 Å². The average molecular weight is 259 g/mol. The molecule has 76 valence electrons. The van der Waals surface area contributed by atoms with Crippen molar-refractivity contribution in [3.63, 3.8) is 0 Å². The van der Waals surface area contributed by atoms with Gasteiger partial charge in [-0.1, -0.05) is 22.9 Å². The SMILES string of the molecule is CCC(Br)c1ccc([N+](=O)[O-])c(C)n1. The molecule has 0 aliphatic rings. The molecule has 5 heteroatoms. The number of alkyl halides is 1. The zero-order valence-corrected chi connectivity index (χ0v) is 9.61. The first-order valence-corrected chi connectivity index (χ1v) is 5.23. The summed E-state index contributed by atoms with van der Waals surface area (Å²) in [6, 6.07) is 3.19. The van der Waals surface area contributed by atoms with Crippen LogP contribution < -0.4 is 0 Å². The van der Waals surface area contributed by atoms with Crippen LogP contribution in [-0.4, -0.2) is 9.91 Å². The van der Waals surface area contributed by atoms with Gasteiger partial charge >= 0.3 is 0 Å². The van der Waals surface area contributed by atoms with E-state index in [1.165, 1.54) is 6.07 Å². The summed E-state index contributed by atoms with van der Waals surface area (Å²) in [5, 5.41) is 10.5. The van der Waals surface area contributed by atoms with Gasteiger partial charge in [0, 0.05) is 6.07 Å². The van der Waals surface area contributed by atoms with E-state index in [2.05, 4.69) is 20.9 Å². The van der Waals surface area contributed by atoms with Crippen molar-refractivity contribution >= 4 is 21.6 Å². The van der Waals surface area contributed by atoms with Crippen molar-refractivity contribution in [2.45, 2.75) is 25.1 Å². The predicted molar refractivity (Wildman–Crippen MR) is 57.6 cm³/mol. The van der Waals surface area contributed by atoms with Crippen molar-refractivity contribution in [1.82, 2.24) is 4.98 Å². The van der Waals surface area contributed by atoms with Gasteiger partial charge in [-0.15, -0.1) is 0 Å². The number of nitrogens with zero attached hydrogens (tertiary/aromatic N) is 2. The Kier molecular flexibility index (Phi) is 3.57. The summed E-state index contributed by atoms with van der Waals surface area (Å²) < 4.78 is 0. The van der Waals surface area contributed by atoms with Crippen LogP contribution in [0.25, 0.3) is 0 Å². The first-order valence-electron chi connectivity index (χ1n) is 4.32. The summed E-state index contributed by atoms with van der Waals surface area (Å²) >= 11 is 3.45. The predicted octanol–water partition coefficient (Wildman–Crippen LogP) is 3.14. The lowest BCUT2D eigenvalue weighted by Crippen LogP contribution is -1.99. The fraction of sp³-hybridized carbons (Fsp3) is 0.444. The number of halogens is 1. The van der Waals surface area contributed by atoms with E-state index in [4.69, 9.17) is 0 Å².